The number of hydrogen-bond acceptors (Lipinski definition) is 0. The van der Waals surface area contributed by atoms with Crippen LogP contribution in [0.5, 0.6) is 0 Å². The molecule has 0 N–H and O–H groups in total. The van der Waals surface area contributed by atoms with Gasteiger partial charge in [0.25, 0.3) is 11.8 Å². The standard InChI is InChI=1S/4C10H22.3C6H12F2.2C5H9F3/c2*1-7-9(3,4)10(5,6)8-2;2*1-7-10(6,8-2)9(3,4)5;1-5(2,7)6(3,4)8;2*1-5(2,3)6(4,7)8;2*1-4(2,6)5(3,7)8/h4*7-8H2,1-6H3;3*1-4H3;2*1-3H3. The second-order valence-corrected chi connectivity index (χ2v) is 31.9. The van der Waals surface area contributed by atoms with Crippen molar-refractivity contribution < 1.29 is 52.7 Å². The van der Waals surface area contributed by atoms with Gasteiger partial charge in [0, 0.05) is 24.7 Å². The Kier molecular flexibility index (Phi) is 43.1. The summed E-state index contributed by atoms with van der Waals surface area (Å²) in [5.74, 6) is -11.6. The van der Waals surface area contributed by atoms with Gasteiger partial charge in [-0.2, -0.15) is 0 Å². The van der Waals surface area contributed by atoms with Crippen molar-refractivity contribution in [2.45, 2.75) is 389 Å². The minimum Gasteiger partial charge on any atom is -0.241 e. The van der Waals surface area contributed by atoms with Gasteiger partial charge in [0.2, 0.25) is 11.8 Å². The van der Waals surface area contributed by atoms with Crippen LogP contribution in [0.15, 0.2) is 0 Å². The minimum atomic E-state index is -3.23. The lowest BCUT2D eigenvalue weighted by atomic mass is 9.65. The first-order chi connectivity index (χ1) is 33.7. The third kappa shape index (κ3) is 41.3. The van der Waals surface area contributed by atoms with Crippen molar-refractivity contribution >= 4 is 0 Å². The lowest BCUT2D eigenvalue weighted by Gasteiger charge is -2.40. The first-order valence-corrected chi connectivity index (χ1v) is 30.0. The Morgan fingerprint density at radius 3 is 0.275 bits per heavy atom. The van der Waals surface area contributed by atoms with Crippen LogP contribution in [0, 0.1) is 54.1 Å². The number of alkyl halides is 12. The second kappa shape index (κ2) is 35.1. The summed E-state index contributed by atoms with van der Waals surface area (Å²) in [5, 5.41) is 0. The van der Waals surface area contributed by atoms with Crippen molar-refractivity contribution in [2.24, 2.45) is 54.1 Å². The highest BCUT2D eigenvalue weighted by atomic mass is 19.3. The quantitative estimate of drug-likeness (QED) is 0.161. The summed E-state index contributed by atoms with van der Waals surface area (Å²) in [5.41, 5.74) is -6.14. The molecule has 0 spiro atoms. The van der Waals surface area contributed by atoms with Gasteiger partial charge >= 0.3 is 0 Å². The normalized spacial score (nSPS) is 14.0. The van der Waals surface area contributed by atoms with Gasteiger partial charge in [0.05, 0.1) is 0 Å². The fourth-order valence-corrected chi connectivity index (χ4v) is 4.54. The van der Waals surface area contributed by atoms with Crippen LogP contribution in [-0.2, 0) is 0 Å². The van der Waals surface area contributed by atoms with E-state index in [4.69, 9.17) is 0 Å². The lowest BCUT2D eigenvalue weighted by molar-refractivity contribution is -0.104. The molecule has 0 heterocycles. The van der Waals surface area contributed by atoms with Crippen LogP contribution in [0.3, 0.4) is 0 Å². The maximum Gasteiger partial charge on any atom is 0.278 e. The molecule has 0 atom stereocenters. The summed E-state index contributed by atoms with van der Waals surface area (Å²) in [7, 11) is 0. The highest BCUT2D eigenvalue weighted by Gasteiger charge is 2.44. The monoisotopic (exact) mass is 1190 g/mol. The molecule has 0 saturated heterocycles. The van der Waals surface area contributed by atoms with E-state index < -0.39 is 57.2 Å². The minimum absolute atomic E-state index is 0.455. The van der Waals surface area contributed by atoms with Gasteiger partial charge in [-0.25, -0.2) is 52.7 Å². The largest absolute Gasteiger partial charge is 0.278 e. The Morgan fingerprint density at radius 1 is 0.163 bits per heavy atom. The molecule has 0 fully saturated rings. The highest BCUT2D eigenvalue weighted by Crippen LogP contribution is 2.46. The Labute approximate surface area is 493 Å². The van der Waals surface area contributed by atoms with Crippen LogP contribution in [0.1, 0.15) is 342 Å². The SMILES string of the molecule is CC(C)(C)C(C)(F)F.CC(C)(C)C(C)(F)F.CC(C)(F)C(C)(C)F.CC(C)(F)C(C)(F)F.CC(C)(F)C(C)(F)F.CCC(C)(C)C(C)(C)CC.CCC(C)(C)C(C)(C)CC.CCC(C)(CC)C(C)(C)C.CCC(C)(CC)C(C)(C)C. The van der Waals surface area contributed by atoms with E-state index >= 15 is 0 Å². The van der Waals surface area contributed by atoms with Gasteiger partial charge < -0.3 is 0 Å². The summed E-state index contributed by atoms with van der Waals surface area (Å²) < 4.78 is 146. The van der Waals surface area contributed by atoms with Crippen molar-refractivity contribution in [3.63, 3.8) is 0 Å². The molecule has 80 heavy (non-hydrogen) atoms. The molecule has 0 nitrogen and oxygen atoms in total. The molecular weight excluding hydrogens is 1040 g/mol. The predicted molar refractivity (Wildman–Crippen MR) is 335 cm³/mol. The molecule has 0 aromatic rings. The van der Waals surface area contributed by atoms with E-state index in [0.717, 1.165) is 41.5 Å². The molecule has 12 heteroatoms. The number of rotatable bonds is 13. The topological polar surface area (TPSA) is 0 Å². The molecule has 0 aliphatic carbocycles. The average molecular weight is 1190 g/mol. The van der Waals surface area contributed by atoms with Gasteiger partial charge in [-0.15, -0.1) is 0 Å². The molecule has 0 radical (unpaired) electrons. The van der Waals surface area contributed by atoms with E-state index in [1.807, 2.05) is 0 Å². The van der Waals surface area contributed by atoms with E-state index in [2.05, 4.69) is 166 Å². The third-order valence-corrected chi connectivity index (χ3v) is 20.1. The fourth-order valence-electron chi connectivity index (χ4n) is 4.54. The molecule has 0 amide bonds. The summed E-state index contributed by atoms with van der Waals surface area (Å²) in [6.45, 7) is 76.3. The fraction of sp³-hybridized carbons (Fsp3) is 1.00. The van der Waals surface area contributed by atoms with E-state index in [9.17, 15) is 52.7 Å². The van der Waals surface area contributed by atoms with Gasteiger partial charge in [-0.05, 0) is 113 Å². The zero-order valence-corrected chi connectivity index (χ0v) is 61.2. The van der Waals surface area contributed by atoms with Crippen LogP contribution in [-0.4, -0.2) is 46.4 Å². The molecule has 0 aliphatic heterocycles. The number of hydrogen-bond donors (Lipinski definition) is 0. The van der Waals surface area contributed by atoms with Crippen molar-refractivity contribution in [2.75, 3.05) is 0 Å². The zero-order chi connectivity index (χ0) is 68.7. The second-order valence-electron chi connectivity index (χ2n) is 31.9. The lowest BCUT2D eigenvalue weighted by Crippen LogP contribution is -2.36. The van der Waals surface area contributed by atoms with Crippen molar-refractivity contribution in [3.05, 3.63) is 0 Å². The number of halogens is 12. The van der Waals surface area contributed by atoms with E-state index in [0.29, 0.717) is 57.2 Å². The summed E-state index contributed by atoms with van der Waals surface area (Å²) in [4.78, 5) is 0. The summed E-state index contributed by atoms with van der Waals surface area (Å²) >= 11 is 0. The maximum atomic E-state index is 12.5. The third-order valence-electron chi connectivity index (χ3n) is 20.1. The van der Waals surface area contributed by atoms with E-state index in [1.165, 1.54) is 121 Å². The van der Waals surface area contributed by atoms with Gasteiger partial charge in [0.15, 0.2) is 11.3 Å². The average Bonchev–Trinajstić information content (AvgIpc) is 3.20. The van der Waals surface area contributed by atoms with Crippen LogP contribution < -0.4 is 0 Å². The molecule has 0 aliphatic rings. The Hall–Kier alpha value is -0.840. The Balaban J connectivity index is -0.000000101. The molecular formula is C68H142F12. The molecule has 0 aromatic carbocycles. The van der Waals surface area contributed by atoms with Gasteiger partial charge in [0.1, 0.15) is 11.3 Å². The first-order valence-electron chi connectivity index (χ1n) is 30.0. The summed E-state index contributed by atoms with van der Waals surface area (Å²) in [6.07, 6.45) is 10.2. The maximum absolute atomic E-state index is 12.5. The predicted octanol–water partition coefficient (Wildman–Crippen LogP) is 28.1. The van der Waals surface area contributed by atoms with Crippen LogP contribution in [0.4, 0.5) is 52.7 Å². The van der Waals surface area contributed by atoms with Crippen LogP contribution in [0.2, 0.25) is 0 Å². The summed E-state index contributed by atoms with van der Waals surface area (Å²) in [6, 6.07) is 0. The Bertz CT molecular complexity index is 1210. The molecule has 0 unspecified atom stereocenters. The molecule has 0 saturated carbocycles. The van der Waals surface area contributed by atoms with Crippen molar-refractivity contribution in [1.82, 2.24) is 0 Å². The van der Waals surface area contributed by atoms with Crippen molar-refractivity contribution in [1.29, 1.82) is 0 Å². The van der Waals surface area contributed by atoms with E-state index in [1.54, 1.807) is 0 Å². The molecule has 498 valence electrons. The molecule has 0 bridgehead atoms. The van der Waals surface area contributed by atoms with E-state index in [-0.39, 0.29) is 0 Å². The van der Waals surface area contributed by atoms with Crippen LogP contribution in [0.25, 0.3) is 0 Å². The highest BCUT2D eigenvalue weighted by molar-refractivity contribution is 4.88. The first kappa shape index (κ1) is 98.2. The van der Waals surface area contributed by atoms with Crippen molar-refractivity contribution in [3.8, 4) is 0 Å². The zero-order valence-electron chi connectivity index (χ0n) is 61.2. The Morgan fingerprint density at radius 2 is 0.263 bits per heavy atom. The molecule has 0 rings (SSSR count). The molecule has 0 aromatic heterocycles. The van der Waals surface area contributed by atoms with Crippen LogP contribution >= 0.6 is 0 Å². The smallest absolute Gasteiger partial charge is 0.241 e. The van der Waals surface area contributed by atoms with Gasteiger partial charge in [-0.3, -0.25) is 0 Å². The van der Waals surface area contributed by atoms with Gasteiger partial charge in [-0.1, -0.05) is 259 Å².